The van der Waals surface area contributed by atoms with Crippen LogP contribution in [0.1, 0.15) is 17.2 Å². The highest BCUT2D eigenvalue weighted by molar-refractivity contribution is 5.78. The average Bonchev–Trinajstić information content (AvgIpc) is 3.56. The van der Waals surface area contributed by atoms with Crippen molar-refractivity contribution in [3.05, 3.63) is 48.0 Å². The smallest absolute Gasteiger partial charge is 0.253 e. The molecule has 2 saturated heterocycles. The second kappa shape index (κ2) is 8.26. The zero-order valence-corrected chi connectivity index (χ0v) is 17.6. The van der Waals surface area contributed by atoms with Gasteiger partial charge in [0, 0.05) is 43.8 Å². The molecule has 0 aliphatic carbocycles. The van der Waals surface area contributed by atoms with Crippen molar-refractivity contribution in [2.24, 2.45) is 0 Å². The maximum absolute atomic E-state index is 12.9. The van der Waals surface area contributed by atoms with Gasteiger partial charge in [0.15, 0.2) is 5.58 Å². The van der Waals surface area contributed by atoms with Gasteiger partial charge < -0.3 is 14.2 Å². The molecule has 2 atom stereocenters. The number of benzene rings is 1. The van der Waals surface area contributed by atoms with E-state index in [4.69, 9.17) is 9.26 Å². The molecule has 0 N–H and O–H groups in total. The Hall–Kier alpha value is -3.84. The molecule has 2 aliphatic rings. The molecular weight excluding hydrogens is 428 g/mol. The zero-order valence-electron chi connectivity index (χ0n) is 17.6. The number of nitrogens with zero attached hydrogens (tertiary/aromatic N) is 10. The Kier molecular flexibility index (Phi) is 4.96. The number of piperazine rings is 1. The maximum Gasteiger partial charge on any atom is 0.253 e. The van der Waals surface area contributed by atoms with Crippen LogP contribution in [0.4, 0.5) is 0 Å². The van der Waals surface area contributed by atoms with Crippen LogP contribution in [0.5, 0.6) is 0 Å². The summed E-state index contributed by atoms with van der Waals surface area (Å²) in [5.74, 6) is 0.414. The standard InChI is InChI=1S/C20H20N10O3/c31-19(5-13-7-21-20(22-8-13)30-12-23-25-26-30)29-4-3-28-10-18(32-11-15(28)9-29)14-1-2-17-16(6-14)24-27-33-17/h1-2,6-8,12,15,18H,3-5,9-11H2. The van der Waals surface area contributed by atoms with E-state index >= 15 is 0 Å². The summed E-state index contributed by atoms with van der Waals surface area (Å²) >= 11 is 0. The first-order valence-electron chi connectivity index (χ1n) is 10.6. The highest BCUT2D eigenvalue weighted by Crippen LogP contribution is 2.28. The number of carbonyl (C=O) groups is 1. The molecule has 1 amide bonds. The van der Waals surface area contributed by atoms with E-state index in [1.807, 2.05) is 23.1 Å². The van der Waals surface area contributed by atoms with Crippen molar-refractivity contribution in [1.82, 2.24) is 50.3 Å². The van der Waals surface area contributed by atoms with Gasteiger partial charge in [0.25, 0.3) is 5.95 Å². The van der Waals surface area contributed by atoms with Crippen molar-refractivity contribution in [1.29, 1.82) is 0 Å². The number of hydrogen-bond donors (Lipinski definition) is 0. The lowest BCUT2D eigenvalue weighted by molar-refractivity contribution is -0.139. The third kappa shape index (κ3) is 3.91. The first kappa shape index (κ1) is 19.8. The number of fused-ring (bicyclic) bond motifs is 2. The van der Waals surface area contributed by atoms with Gasteiger partial charge in [-0.1, -0.05) is 6.07 Å². The maximum atomic E-state index is 12.9. The Bertz CT molecular complexity index is 1260. The predicted molar refractivity (Wildman–Crippen MR) is 111 cm³/mol. The summed E-state index contributed by atoms with van der Waals surface area (Å²) in [6.45, 7) is 3.46. The summed E-state index contributed by atoms with van der Waals surface area (Å²) in [5, 5.41) is 18.5. The Balaban J connectivity index is 1.06. The molecular formula is C20H20N10O3. The molecule has 168 valence electrons. The number of morpholine rings is 1. The highest BCUT2D eigenvalue weighted by atomic mass is 16.5. The third-order valence-corrected chi connectivity index (χ3v) is 6.09. The van der Waals surface area contributed by atoms with Crippen LogP contribution in [0.3, 0.4) is 0 Å². The molecule has 2 aliphatic heterocycles. The largest absolute Gasteiger partial charge is 0.370 e. The van der Waals surface area contributed by atoms with Crippen LogP contribution in [0.15, 0.2) is 41.4 Å². The summed E-state index contributed by atoms with van der Waals surface area (Å²) in [5.41, 5.74) is 3.19. The van der Waals surface area contributed by atoms with Crippen molar-refractivity contribution >= 4 is 17.0 Å². The highest BCUT2D eigenvalue weighted by Gasteiger charge is 2.35. The van der Waals surface area contributed by atoms with E-state index in [0.717, 1.165) is 29.7 Å². The fourth-order valence-electron chi connectivity index (χ4n) is 4.31. The number of aromatic nitrogens is 8. The fourth-order valence-corrected chi connectivity index (χ4v) is 4.31. The molecule has 13 heteroatoms. The first-order valence-corrected chi connectivity index (χ1v) is 10.6. The van der Waals surface area contributed by atoms with Gasteiger partial charge in [-0.3, -0.25) is 9.69 Å². The molecule has 0 spiro atoms. The molecule has 2 unspecified atom stereocenters. The number of amides is 1. The van der Waals surface area contributed by atoms with Crippen LogP contribution in [0.25, 0.3) is 17.0 Å². The van der Waals surface area contributed by atoms with Gasteiger partial charge in [-0.25, -0.2) is 9.97 Å². The number of tetrazole rings is 1. The topological polar surface area (TPSA) is 141 Å². The Morgan fingerprint density at radius 2 is 2.06 bits per heavy atom. The van der Waals surface area contributed by atoms with E-state index in [0.29, 0.717) is 31.2 Å². The van der Waals surface area contributed by atoms with Gasteiger partial charge >= 0.3 is 0 Å². The molecule has 0 bridgehead atoms. The van der Waals surface area contributed by atoms with E-state index in [-0.39, 0.29) is 24.5 Å². The zero-order chi connectivity index (χ0) is 22.2. The third-order valence-electron chi connectivity index (χ3n) is 6.09. The molecule has 3 aromatic heterocycles. The minimum Gasteiger partial charge on any atom is -0.370 e. The molecule has 2 fully saturated rings. The van der Waals surface area contributed by atoms with Gasteiger partial charge in [0.2, 0.25) is 5.91 Å². The fraction of sp³-hybridized carbons (Fsp3) is 0.400. The van der Waals surface area contributed by atoms with Crippen molar-refractivity contribution in [2.45, 2.75) is 18.6 Å². The van der Waals surface area contributed by atoms with E-state index in [1.54, 1.807) is 12.4 Å². The number of rotatable bonds is 4. The Morgan fingerprint density at radius 1 is 1.15 bits per heavy atom. The molecule has 0 saturated carbocycles. The van der Waals surface area contributed by atoms with Crippen molar-refractivity contribution in [3.63, 3.8) is 0 Å². The lowest BCUT2D eigenvalue weighted by atomic mass is 10.0. The molecule has 5 heterocycles. The van der Waals surface area contributed by atoms with Gasteiger partial charge in [0.1, 0.15) is 11.8 Å². The van der Waals surface area contributed by atoms with Crippen LogP contribution in [-0.4, -0.2) is 95.1 Å². The molecule has 33 heavy (non-hydrogen) atoms. The van der Waals surface area contributed by atoms with E-state index < -0.39 is 0 Å². The first-order chi connectivity index (χ1) is 16.2. The van der Waals surface area contributed by atoms with E-state index in [2.05, 4.69) is 40.8 Å². The number of ether oxygens (including phenoxy) is 1. The molecule has 13 nitrogen and oxygen atoms in total. The number of carbonyl (C=O) groups excluding carboxylic acids is 1. The van der Waals surface area contributed by atoms with Gasteiger partial charge in [-0.15, -0.1) is 10.2 Å². The van der Waals surface area contributed by atoms with Gasteiger partial charge in [0.05, 0.1) is 25.2 Å². The molecule has 4 aromatic rings. The lowest BCUT2D eigenvalue weighted by Gasteiger charge is -2.46. The summed E-state index contributed by atoms with van der Waals surface area (Å²) in [7, 11) is 0. The summed E-state index contributed by atoms with van der Waals surface area (Å²) in [4.78, 5) is 25.7. The minimum absolute atomic E-state index is 0.0412. The summed E-state index contributed by atoms with van der Waals surface area (Å²) < 4.78 is 12.6. The quantitative estimate of drug-likeness (QED) is 0.410. The number of hydrogen-bond acceptors (Lipinski definition) is 11. The van der Waals surface area contributed by atoms with E-state index in [9.17, 15) is 4.79 Å². The second-order valence-corrected chi connectivity index (χ2v) is 8.13. The molecule has 6 rings (SSSR count). The summed E-state index contributed by atoms with van der Waals surface area (Å²) in [6, 6.07) is 6.00. The normalized spacial score (nSPS) is 21.3. The van der Waals surface area contributed by atoms with Crippen LogP contribution < -0.4 is 0 Å². The van der Waals surface area contributed by atoms with Gasteiger partial charge in [-0.05, 0) is 33.7 Å². The van der Waals surface area contributed by atoms with E-state index in [1.165, 1.54) is 11.0 Å². The Labute approximate surface area is 187 Å². The van der Waals surface area contributed by atoms with Crippen LogP contribution in [0.2, 0.25) is 0 Å². The van der Waals surface area contributed by atoms with Gasteiger partial charge in [-0.2, -0.15) is 4.68 Å². The Morgan fingerprint density at radius 3 is 2.91 bits per heavy atom. The second-order valence-electron chi connectivity index (χ2n) is 8.13. The molecule has 1 aromatic carbocycles. The van der Waals surface area contributed by atoms with Crippen LogP contribution in [-0.2, 0) is 16.0 Å². The van der Waals surface area contributed by atoms with Crippen LogP contribution in [0, 0.1) is 0 Å². The SMILES string of the molecule is O=C(Cc1cnc(-n2cnnn2)nc1)N1CCN2CC(c3ccc4onnc4c3)OCC2C1. The lowest BCUT2D eigenvalue weighted by Crippen LogP contribution is -2.59. The molecule has 0 radical (unpaired) electrons. The minimum atomic E-state index is -0.0412. The summed E-state index contributed by atoms with van der Waals surface area (Å²) in [6.07, 6.45) is 4.89. The van der Waals surface area contributed by atoms with Crippen LogP contribution >= 0.6 is 0 Å². The van der Waals surface area contributed by atoms with Crippen molar-refractivity contribution in [3.8, 4) is 5.95 Å². The van der Waals surface area contributed by atoms with Crippen molar-refractivity contribution < 1.29 is 14.1 Å². The average molecular weight is 448 g/mol. The monoisotopic (exact) mass is 448 g/mol. The predicted octanol–water partition coefficient (Wildman–Crippen LogP) is -0.185. The van der Waals surface area contributed by atoms with Crippen molar-refractivity contribution in [2.75, 3.05) is 32.8 Å².